The molecule has 0 aliphatic carbocycles. The van der Waals surface area contributed by atoms with Gasteiger partial charge in [-0.1, -0.05) is 46.8 Å². The molecule has 0 aromatic heterocycles. The van der Waals surface area contributed by atoms with Gasteiger partial charge in [0.1, 0.15) is 0 Å². The number of hydrogen-bond donors (Lipinski definition) is 0. The second-order valence-corrected chi connectivity index (χ2v) is 3.43. The summed E-state index contributed by atoms with van der Waals surface area (Å²) in [5.41, 5.74) is 0. The van der Waals surface area contributed by atoms with Gasteiger partial charge in [-0.2, -0.15) is 0 Å². The van der Waals surface area contributed by atoms with Gasteiger partial charge in [0.25, 0.3) is 0 Å². The first-order valence-corrected chi connectivity index (χ1v) is 5.41. The van der Waals surface area contributed by atoms with Crippen LogP contribution in [0.2, 0.25) is 0 Å². The summed E-state index contributed by atoms with van der Waals surface area (Å²) >= 11 is 3.49. The molecule has 1 heteroatoms. The van der Waals surface area contributed by atoms with Crippen LogP contribution in [-0.2, 0) is 0 Å². The monoisotopic (exact) mass is 228 g/mol. The van der Waals surface area contributed by atoms with Crippen LogP contribution in [0.15, 0.2) is 37.5 Å². The minimum absolute atomic E-state index is 0.733. The standard InChI is InChI=1S/C11H17Br/c1-3-5-6-7-9-11(10-12)8-4-2/h3-6,11H,1-2,7-10H2/b6-5+. The zero-order valence-corrected chi connectivity index (χ0v) is 9.09. The third-order valence-electron chi connectivity index (χ3n) is 1.73. The summed E-state index contributed by atoms with van der Waals surface area (Å²) in [6, 6.07) is 0. The van der Waals surface area contributed by atoms with Crippen LogP contribution >= 0.6 is 15.9 Å². The molecule has 0 heterocycles. The summed E-state index contributed by atoms with van der Waals surface area (Å²) in [5.74, 6) is 0.733. The third kappa shape index (κ3) is 6.41. The average Bonchev–Trinajstić information content (AvgIpc) is 2.10. The number of allylic oxidation sites excluding steroid dienone is 4. The van der Waals surface area contributed by atoms with Crippen molar-refractivity contribution in [3.8, 4) is 0 Å². The van der Waals surface area contributed by atoms with Gasteiger partial charge in [0.15, 0.2) is 0 Å². The number of hydrogen-bond acceptors (Lipinski definition) is 0. The van der Waals surface area contributed by atoms with Crippen molar-refractivity contribution in [1.29, 1.82) is 0 Å². The van der Waals surface area contributed by atoms with Gasteiger partial charge in [-0.25, -0.2) is 0 Å². The predicted octanol–water partition coefficient (Wildman–Crippen LogP) is 4.10. The van der Waals surface area contributed by atoms with Crippen LogP contribution in [0.1, 0.15) is 19.3 Å². The molecule has 0 fully saturated rings. The van der Waals surface area contributed by atoms with Crippen LogP contribution in [0.25, 0.3) is 0 Å². The Balaban J connectivity index is 3.49. The maximum atomic E-state index is 3.74. The SMILES string of the molecule is C=C/C=C/CCC(CBr)CC=C. The highest BCUT2D eigenvalue weighted by Gasteiger charge is 2.02. The highest BCUT2D eigenvalue weighted by molar-refractivity contribution is 9.09. The first-order chi connectivity index (χ1) is 5.85. The Morgan fingerprint density at radius 1 is 1.33 bits per heavy atom. The molecule has 0 amide bonds. The van der Waals surface area contributed by atoms with Crippen molar-refractivity contribution < 1.29 is 0 Å². The Morgan fingerprint density at radius 2 is 2.08 bits per heavy atom. The lowest BCUT2D eigenvalue weighted by Gasteiger charge is -2.08. The molecule has 0 N–H and O–H groups in total. The Bertz CT molecular complexity index is 147. The molecule has 0 bridgehead atoms. The summed E-state index contributed by atoms with van der Waals surface area (Å²) in [5, 5.41) is 1.07. The van der Waals surface area contributed by atoms with Gasteiger partial charge >= 0.3 is 0 Å². The summed E-state index contributed by atoms with van der Waals surface area (Å²) in [6.45, 7) is 7.36. The van der Waals surface area contributed by atoms with E-state index < -0.39 is 0 Å². The fourth-order valence-electron chi connectivity index (χ4n) is 1.02. The molecule has 0 saturated carbocycles. The fraction of sp³-hybridized carbons (Fsp3) is 0.455. The van der Waals surface area contributed by atoms with E-state index in [1.807, 2.05) is 18.2 Å². The molecule has 0 aromatic rings. The Hall–Kier alpha value is -0.300. The van der Waals surface area contributed by atoms with Gasteiger partial charge in [0.05, 0.1) is 0 Å². The summed E-state index contributed by atoms with van der Waals surface area (Å²) < 4.78 is 0. The number of alkyl halides is 1. The van der Waals surface area contributed by atoms with E-state index >= 15 is 0 Å². The Morgan fingerprint density at radius 3 is 2.58 bits per heavy atom. The smallest absolute Gasteiger partial charge is 0.00627 e. The van der Waals surface area contributed by atoms with Gasteiger partial charge in [-0.3, -0.25) is 0 Å². The molecular weight excluding hydrogens is 212 g/mol. The summed E-state index contributed by atoms with van der Waals surface area (Å²) in [4.78, 5) is 0. The van der Waals surface area contributed by atoms with Gasteiger partial charge in [-0.15, -0.1) is 6.58 Å². The quantitative estimate of drug-likeness (QED) is 0.350. The zero-order valence-electron chi connectivity index (χ0n) is 7.51. The highest BCUT2D eigenvalue weighted by atomic mass is 79.9. The van der Waals surface area contributed by atoms with E-state index in [2.05, 4.69) is 35.2 Å². The molecule has 0 aliphatic heterocycles. The molecule has 0 radical (unpaired) electrons. The van der Waals surface area contributed by atoms with Crippen molar-refractivity contribution in [3.63, 3.8) is 0 Å². The molecular formula is C11H17Br. The van der Waals surface area contributed by atoms with Crippen LogP contribution in [0.5, 0.6) is 0 Å². The van der Waals surface area contributed by atoms with Gasteiger partial charge in [0.2, 0.25) is 0 Å². The molecule has 68 valence electrons. The maximum absolute atomic E-state index is 3.74. The van der Waals surface area contributed by atoms with E-state index in [4.69, 9.17) is 0 Å². The van der Waals surface area contributed by atoms with Crippen LogP contribution in [-0.4, -0.2) is 5.33 Å². The van der Waals surface area contributed by atoms with Gasteiger partial charge in [-0.05, 0) is 25.2 Å². The lowest BCUT2D eigenvalue weighted by atomic mass is 10.0. The molecule has 1 atom stereocenters. The second kappa shape index (κ2) is 8.79. The van der Waals surface area contributed by atoms with Crippen LogP contribution in [0.3, 0.4) is 0 Å². The van der Waals surface area contributed by atoms with Crippen LogP contribution in [0, 0.1) is 5.92 Å². The molecule has 0 saturated heterocycles. The van der Waals surface area contributed by atoms with Crippen molar-refractivity contribution in [1.82, 2.24) is 0 Å². The lowest BCUT2D eigenvalue weighted by molar-refractivity contribution is 0.560. The predicted molar refractivity (Wildman–Crippen MR) is 60.7 cm³/mol. The van der Waals surface area contributed by atoms with E-state index in [-0.39, 0.29) is 0 Å². The molecule has 12 heavy (non-hydrogen) atoms. The molecule has 0 spiro atoms. The average molecular weight is 229 g/mol. The maximum Gasteiger partial charge on any atom is 0.00627 e. The van der Waals surface area contributed by atoms with E-state index in [9.17, 15) is 0 Å². The Kier molecular flexibility index (Phi) is 8.57. The second-order valence-electron chi connectivity index (χ2n) is 2.79. The van der Waals surface area contributed by atoms with Crippen molar-refractivity contribution in [2.24, 2.45) is 5.92 Å². The van der Waals surface area contributed by atoms with E-state index in [1.54, 1.807) is 0 Å². The highest BCUT2D eigenvalue weighted by Crippen LogP contribution is 2.14. The number of halogens is 1. The van der Waals surface area contributed by atoms with Crippen molar-refractivity contribution >= 4 is 15.9 Å². The minimum Gasteiger partial charge on any atom is -0.103 e. The fourth-order valence-corrected chi connectivity index (χ4v) is 1.61. The van der Waals surface area contributed by atoms with E-state index in [1.165, 1.54) is 6.42 Å². The summed E-state index contributed by atoms with van der Waals surface area (Å²) in [7, 11) is 0. The third-order valence-corrected chi connectivity index (χ3v) is 2.65. The van der Waals surface area contributed by atoms with Crippen molar-refractivity contribution in [2.45, 2.75) is 19.3 Å². The van der Waals surface area contributed by atoms with Crippen molar-refractivity contribution in [3.05, 3.63) is 37.5 Å². The molecule has 0 aliphatic rings. The molecule has 0 aromatic carbocycles. The Labute approximate surface area is 84.2 Å². The molecule has 0 rings (SSSR count). The zero-order chi connectivity index (χ0) is 9.23. The van der Waals surface area contributed by atoms with Gasteiger partial charge < -0.3 is 0 Å². The van der Waals surface area contributed by atoms with Crippen LogP contribution < -0.4 is 0 Å². The largest absolute Gasteiger partial charge is 0.103 e. The lowest BCUT2D eigenvalue weighted by Crippen LogP contribution is -1.99. The van der Waals surface area contributed by atoms with E-state index in [0.29, 0.717) is 0 Å². The topological polar surface area (TPSA) is 0 Å². The minimum atomic E-state index is 0.733. The normalized spacial score (nSPS) is 13.1. The first-order valence-electron chi connectivity index (χ1n) is 4.29. The first kappa shape index (κ1) is 11.7. The number of rotatable bonds is 7. The molecule has 0 nitrogen and oxygen atoms in total. The van der Waals surface area contributed by atoms with Crippen LogP contribution in [0.4, 0.5) is 0 Å². The summed E-state index contributed by atoms with van der Waals surface area (Å²) in [6.07, 6.45) is 11.4. The van der Waals surface area contributed by atoms with Gasteiger partial charge in [0, 0.05) is 5.33 Å². The molecule has 1 unspecified atom stereocenters. The van der Waals surface area contributed by atoms with Crippen molar-refractivity contribution in [2.75, 3.05) is 5.33 Å². The van der Waals surface area contributed by atoms with E-state index in [0.717, 1.165) is 24.1 Å².